The second-order valence-electron chi connectivity index (χ2n) is 3.89. The average Bonchev–Trinajstić information content (AvgIpc) is 2.25. The van der Waals surface area contributed by atoms with Crippen LogP contribution in [0.3, 0.4) is 0 Å². The van der Waals surface area contributed by atoms with Gasteiger partial charge in [0, 0.05) is 12.4 Å². The van der Waals surface area contributed by atoms with E-state index in [9.17, 15) is 34.2 Å². The molecule has 0 radical (unpaired) electrons. The first kappa shape index (κ1) is 26.0. The van der Waals surface area contributed by atoms with E-state index in [1.165, 1.54) is 0 Å². The molecule has 0 aliphatic rings. The Hall–Kier alpha value is -1.96. The predicted octanol–water partition coefficient (Wildman–Crippen LogP) is -5.39. The minimum absolute atomic E-state index is 0. The van der Waals surface area contributed by atoms with E-state index in [4.69, 9.17) is 25.5 Å². The van der Waals surface area contributed by atoms with E-state index >= 15 is 0 Å². The van der Waals surface area contributed by atoms with E-state index in [1.54, 1.807) is 0 Å². The van der Waals surface area contributed by atoms with Crippen LogP contribution in [0, 0.1) is 0 Å². The molecule has 0 saturated carbocycles. The SMILES string of the molecule is O=C(O)CC(O)(CC(=O)O)C(=O)O.O=C([O-])CC(O)C(=O)[O-].[Mg+2]. The first-order valence-corrected chi connectivity index (χ1v) is 5.30. The molecular formula is C10H12MgO12. The number of carbonyl (C=O) groups is 5. The van der Waals surface area contributed by atoms with Crippen molar-refractivity contribution in [1.29, 1.82) is 0 Å². The molecule has 13 heteroatoms. The number of hydrogen-bond acceptors (Lipinski definition) is 9. The van der Waals surface area contributed by atoms with Crippen LogP contribution < -0.4 is 10.2 Å². The third-order valence-corrected chi connectivity index (χ3v) is 1.92. The normalized spacial score (nSPS) is 11.0. The quantitative estimate of drug-likeness (QED) is 0.258. The van der Waals surface area contributed by atoms with Gasteiger partial charge in [0.05, 0.1) is 24.9 Å². The molecular weight excluding hydrogens is 336 g/mol. The van der Waals surface area contributed by atoms with E-state index < -0.39 is 60.8 Å². The molecule has 0 bridgehead atoms. The van der Waals surface area contributed by atoms with E-state index in [1.807, 2.05) is 0 Å². The van der Waals surface area contributed by atoms with Crippen LogP contribution in [0.5, 0.6) is 0 Å². The Bertz CT molecular complexity index is 443. The summed E-state index contributed by atoms with van der Waals surface area (Å²) >= 11 is 0. The minimum atomic E-state index is -2.74. The van der Waals surface area contributed by atoms with Gasteiger partial charge in [0.2, 0.25) is 0 Å². The smallest absolute Gasteiger partial charge is 0.550 e. The Morgan fingerprint density at radius 1 is 0.913 bits per heavy atom. The van der Waals surface area contributed by atoms with Crippen molar-refractivity contribution in [1.82, 2.24) is 0 Å². The van der Waals surface area contributed by atoms with Gasteiger partial charge in [-0.25, -0.2) is 4.79 Å². The van der Waals surface area contributed by atoms with Crippen molar-refractivity contribution in [2.75, 3.05) is 0 Å². The molecule has 5 N–H and O–H groups in total. The maximum Gasteiger partial charge on any atom is 2.00 e. The molecule has 0 saturated heterocycles. The second-order valence-corrected chi connectivity index (χ2v) is 3.89. The van der Waals surface area contributed by atoms with E-state index in [0.29, 0.717) is 0 Å². The van der Waals surface area contributed by atoms with Crippen molar-refractivity contribution in [2.24, 2.45) is 0 Å². The Balaban J connectivity index is -0.000000354. The number of carboxylic acid groups (broad SMARTS) is 5. The molecule has 0 heterocycles. The summed E-state index contributed by atoms with van der Waals surface area (Å²) < 4.78 is 0. The van der Waals surface area contributed by atoms with Gasteiger partial charge in [0.1, 0.15) is 0 Å². The second kappa shape index (κ2) is 11.6. The van der Waals surface area contributed by atoms with Gasteiger partial charge in [-0.3, -0.25) is 9.59 Å². The van der Waals surface area contributed by atoms with Gasteiger partial charge in [-0.05, 0) is 0 Å². The summed E-state index contributed by atoms with van der Waals surface area (Å²) in [6.07, 6.45) is -5.18. The van der Waals surface area contributed by atoms with Gasteiger partial charge in [0.15, 0.2) is 5.60 Å². The molecule has 0 fully saturated rings. The maximum absolute atomic E-state index is 10.3. The molecule has 0 aromatic carbocycles. The van der Waals surface area contributed by atoms with Crippen molar-refractivity contribution in [3.8, 4) is 0 Å². The Morgan fingerprint density at radius 3 is 1.39 bits per heavy atom. The number of rotatable bonds is 8. The summed E-state index contributed by atoms with van der Waals surface area (Å²) in [5.74, 6) is -8.44. The van der Waals surface area contributed by atoms with Crippen LogP contribution >= 0.6 is 0 Å². The Labute approximate surface area is 144 Å². The van der Waals surface area contributed by atoms with E-state index in [-0.39, 0.29) is 23.1 Å². The van der Waals surface area contributed by atoms with Crippen molar-refractivity contribution in [3.63, 3.8) is 0 Å². The van der Waals surface area contributed by atoms with Crippen LogP contribution in [0.25, 0.3) is 0 Å². The summed E-state index contributed by atoms with van der Waals surface area (Å²) in [4.78, 5) is 49.6. The van der Waals surface area contributed by atoms with Gasteiger partial charge in [-0.15, -0.1) is 0 Å². The zero-order valence-corrected chi connectivity index (χ0v) is 12.9. The van der Waals surface area contributed by atoms with E-state index in [0.717, 1.165) is 0 Å². The first-order chi connectivity index (χ1) is 9.81. The van der Waals surface area contributed by atoms with Crippen molar-refractivity contribution >= 4 is 52.9 Å². The van der Waals surface area contributed by atoms with Gasteiger partial charge < -0.3 is 45.3 Å². The molecule has 12 nitrogen and oxygen atoms in total. The zero-order chi connectivity index (χ0) is 18.1. The molecule has 126 valence electrons. The topological polar surface area (TPSA) is 233 Å². The molecule has 0 aromatic heterocycles. The fourth-order valence-electron chi connectivity index (χ4n) is 0.955. The summed E-state index contributed by atoms with van der Waals surface area (Å²) in [7, 11) is 0. The number of aliphatic carboxylic acids is 5. The third-order valence-electron chi connectivity index (χ3n) is 1.92. The van der Waals surface area contributed by atoms with Crippen molar-refractivity contribution < 1.29 is 59.7 Å². The molecule has 0 aromatic rings. The van der Waals surface area contributed by atoms with Crippen LogP contribution in [-0.4, -0.2) is 90.1 Å². The van der Waals surface area contributed by atoms with Gasteiger partial charge >= 0.3 is 41.0 Å². The summed E-state index contributed by atoms with van der Waals surface area (Å²) in [5.41, 5.74) is -2.74. The third kappa shape index (κ3) is 13.4. The molecule has 0 rings (SSSR count). The molecule has 0 aliphatic carbocycles. The monoisotopic (exact) mass is 348 g/mol. The predicted molar refractivity (Wildman–Crippen MR) is 63.5 cm³/mol. The summed E-state index contributed by atoms with van der Waals surface area (Å²) in [6, 6.07) is 0. The largest absolute Gasteiger partial charge is 2.00 e. The molecule has 1 unspecified atom stereocenters. The van der Waals surface area contributed by atoms with Crippen LogP contribution in [0.15, 0.2) is 0 Å². The molecule has 1 atom stereocenters. The fraction of sp³-hybridized carbons (Fsp3) is 0.500. The summed E-state index contributed by atoms with van der Waals surface area (Å²) in [6.45, 7) is 0. The zero-order valence-electron chi connectivity index (χ0n) is 11.5. The Morgan fingerprint density at radius 2 is 1.26 bits per heavy atom. The van der Waals surface area contributed by atoms with Crippen LogP contribution in [0.4, 0.5) is 0 Å². The number of carboxylic acids is 5. The Kier molecular flexibility index (Phi) is 13.1. The van der Waals surface area contributed by atoms with Crippen LogP contribution in [0.1, 0.15) is 19.3 Å². The first-order valence-electron chi connectivity index (χ1n) is 5.30. The number of aliphatic hydroxyl groups is 2. The number of hydrogen-bond donors (Lipinski definition) is 5. The van der Waals surface area contributed by atoms with E-state index in [2.05, 4.69) is 0 Å². The minimum Gasteiger partial charge on any atom is -0.550 e. The summed E-state index contributed by atoms with van der Waals surface area (Å²) in [5, 5.41) is 61.2. The number of aliphatic hydroxyl groups excluding tert-OH is 1. The van der Waals surface area contributed by atoms with Gasteiger partial charge in [-0.1, -0.05) is 0 Å². The van der Waals surface area contributed by atoms with Crippen LogP contribution in [-0.2, 0) is 24.0 Å². The maximum atomic E-state index is 10.3. The van der Waals surface area contributed by atoms with Crippen LogP contribution in [0.2, 0.25) is 0 Å². The van der Waals surface area contributed by atoms with Gasteiger partial charge in [-0.2, -0.15) is 0 Å². The van der Waals surface area contributed by atoms with Crippen molar-refractivity contribution in [3.05, 3.63) is 0 Å². The average molecular weight is 348 g/mol. The molecule has 0 aliphatic heterocycles. The molecule has 23 heavy (non-hydrogen) atoms. The fourth-order valence-corrected chi connectivity index (χ4v) is 0.955. The standard InChI is InChI=1S/C6H8O7.C4H6O5.Mg/c7-3(8)1-6(13,5(11)12)2-4(9)10;5-2(4(8)9)1-3(6)7;/h13H,1-2H2,(H,7,8)(H,9,10)(H,11,12);2,5H,1H2,(H,6,7)(H,8,9);/q;;+2/p-2. The molecule has 0 amide bonds. The van der Waals surface area contributed by atoms with Crippen molar-refractivity contribution in [2.45, 2.75) is 31.0 Å². The van der Waals surface area contributed by atoms with Gasteiger partial charge in [0.25, 0.3) is 0 Å². The number of carbonyl (C=O) groups excluding carboxylic acids is 2. The molecule has 0 spiro atoms.